The van der Waals surface area contributed by atoms with E-state index >= 15 is 0 Å². The Hall–Kier alpha value is -2.21. The van der Waals surface area contributed by atoms with Gasteiger partial charge in [0.2, 0.25) is 5.91 Å². The molecular formula is C22H29N3O2. The minimum Gasteiger partial charge on any atom is -0.373 e. The van der Waals surface area contributed by atoms with Crippen LogP contribution in [0.2, 0.25) is 0 Å². The maximum atomic E-state index is 12.3. The molecule has 1 aliphatic rings. The maximum absolute atomic E-state index is 12.3. The van der Waals surface area contributed by atoms with Crippen molar-refractivity contribution in [2.45, 2.75) is 45.2 Å². The van der Waals surface area contributed by atoms with Crippen LogP contribution in [-0.4, -0.2) is 36.1 Å². The first-order valence-electron chi connectivity index (χ1n) is 9.55. The van der Waals surface area contributed by atoms with E-state index in [1.165, 1.54) is 5.56 Å². The topological polar surface area (TPSA) is 67.6 Å². The summed E-state index contributed by atoms with van der Waals surface area (Å²) in [7, 11) is 0. The largest absolute Gasteiger partial charge is 0.373 e. The maximum Gasteiger partial charge on any atom is 0.241 e. The van der Waals surface area contributed by atoms with E-state index in [9.17, 15) is 4.79 Å². The minimum absolute atomic E-state index is 0.165. The molecule has 144 valence electrons. The van der Waals surface area contributed by atoms with E-state index in [-0.39, 0.29) is 18.1 Å². The lowest BCUT2D eigenvalue weighted by Crippen LogP contribution is -2.44. The first kappa shape index (κ1) is 19.5. The van der Waals surface area contributed by atoms with E-state index in [0.29, 0.717) is 6.54 Å². The Kier molecular flexibility index (Phi) is 6.61. The molecule has 0 saturated carbocycles. The molecule has 27 heavy (non-hydrogen) atoms. The lowest BCUT2D eigenvalue weighted by Gasteiger charge is -2.35. The molecule has 1 heterocycles. The smallest absolute Gasteiger partial charge is 0.241 e. The van der Waals surface area contributed by atoms with Crippen LogP contribution in [0.25, 0.3) is 0 Å². The molecule has 3 N–H and O–H groups in total. The number of nitrogens with one attached hydrogen (secondary N) is 1. The van der Waals surface area contributed by atoms with Crippen molar-refractivity contribution < 1.29 is 9.53 Å². The second-order valence-electron chi connectivity index (χ2n) is 7.37. The van der Waals surface area contributed by atoms with Gasteiger partial charge in [-0.25, -0.2) is 0 Å². The summed E-state index contributed by atoms with van der Waals surface area (Å²) in [4.78, 5) is 14.7. The third-order valence-corrected chi connectivity index (χ3v) is 4.83. The Morgan fingerprint density at radius 1 is 1.07 bits per heavy atom. The van der Waals surface area contributed by atoms with Gasteiger partial charge in [-0.2, -0.15) is 0 Å². The highest BCUT2D eigenvalue weighted by Crippen LogP contribution is 2.15. The normalized spacial score (nSPS) is 21.6. The van der Waals surface area contributed by atoms with Gasteiger partial charge in [0.25, 0.3) is 0 Å². The van der Waals surface area contributed by atoms with Gasteiger partial charge in [0.05, 0.1) is 12.2 Å². The lowest BCUT2D eigenvalue weighted by atomic mass is 10.1. The number of carbonyl (C=O) groups excluding carboxylic acids is 1. The van der Waals surface area contributed by atoms with Gasteiger partial charge < -0.3 is 15.8 Å². The third-order valence-electron chi connectivity index (χ3n) is 4.83. The van der Waals surface area contributed by atoms with Crippen LogP contribution in [0.1, 0.15) is 36.6 Å². The lowest BCUT2D eigenvalue weighted by molar-refractivity contribution is -0.122. The van der Waals surface area contributed by atoms with Crippen LogP contribution in [-0.2, 0) is 22.6 Å². The number of carbonyl (C=O) groups is 1. The Balaban J connectivity index is 1.50. The van der Waals surface area contributed by atoms with Crippen molar-refractivity contribution in [3.8, 4) is 0 Å². The van der Waals surface area contributed by atoms with Gasteiger partial charge in [-0.1, -0.05) is 54.6 Å². The van der Waals surface area contributed by atoms with E-state index in [2.05, 4.69) is 48.3 Å². The first-order chi connectivity index (χ1) is 13.0. The number of rotatable bonds is 6. The predicted molar refractivity (Wildman–Crippen MR) is 107 cm³/mol. The Bertz CT molecular complexity index is 723. The quantitative estimate of drug-likeness (QED) is 0.824. The van der Waals surface area contributed by atoms with Crippen molar-refractivity contribution in [2.24, 2.45) is 5.73 Å². The van der Waals surface area contributed by atoms with Gasteiger partial charge >= 0.3 is 0 Å². The Morgan fingerprint density at radius 3 is 2.30 bits per heavy atom. The van der Waals surface area contributed by atoms with Crippen molar-refractivity contribution in [3.05, 3.63) is 71.3 Å². The highest BCUT2D eigenvalue weighted by atomic mass is 16.5. The summed E-state index contributed by atoms with van der Waals surface area (Å²) < 4.78 is 5.79. The van der Waals surface area contributed by atoms with Gasteiger partial charge in [0.15, 0.2) is 0 Å². The van der Waals surface area contributed by atoms with Crippen LogP contribution >= 0.6 is 0 Å². The van der Waals surface area contributed by atoms with Crippen LogP contribution in [0.5, 0.6) is 0 Å². The first-order valence-corrected chi connectivity index (χ1v) is 9.55. The highest BCUT2D eigenvalue weighted by Gasteiger charge is 2.22. The second kappa shape index (κ2) is 9.13. The molecule has 1 saturated heterocycles. The van der Waals surface area contributed by atoms with Crippen LogP contribution in [0.3, 0.4) is 0 Å². The number of nitrogens with zero attached hydrogens (tertiary/aromatic N) is 1. The molecule has 3 unspecified atom stereocenters. The Labute approximate surface area is 161 Å². The number of hydrogen-bond donors (Lipinski definition) is 2. The van der Waals surface area contributed by atoms with Crippen molar-refractivity contribution in [3.63, 3.8) is 0 Å². The number of amides is 1. The summed E-state index contributed by atoms with van der Waals surface area (Å²) in [6.45, 7) is 7.55. The fraction of sp³-hybridized carbons (Fsp3) is 0.409. The second-order valence-corrected chi connectivity index (χ2v) is 7.37. The molecular weight excluding hydrogens is 338 g/mol. The summed E-state index contributed by atoms with van der Waals surface area (Å²) in [5, 5.41) is 2.92. The standard InChI is InChI=1S/C22H29N3O2/c1-16-13-25(14-17(2)27-16)15-19-10-8-18(9-11-19)12-24-22(26)21(23)20-6-4-3-5-7-20/h3-11,16-17,21H,12-15,23H2,1-2H3,(H,24,26). The molecule has 2 aromatic rings. The van der Waals surface area contributed by atoms with Gasteiger partial charge in [-0.05, 0) is 30.5 Å². The molecule has 5 nitrogen and oxygen atoms in total. The number of nitrogens with two attached hydrogens (primary N) is 1. The average Bonchev–Trinajstić information content (AvgIpc) is 2.66. The molecule has 2 aromatic carbocycles. The summed E-state index contributed by atoms with van der Waals surface area (Å²) in [5.74, 6) is -0.165. The highest BCUT2D eigenvalue weighted by molar-refractivity contribution is 5.82. The van der Waals surface area contributed by atoms with E-state index in [1.54, 1.807) is 0 Å². The van der Waals surface area contributed by atoms with Gasteiger partial charge in [0.1, 0.15) is 6.04 Å². The van der Waals surface area contributed by atoms with Gasteiger partial charge in [-0.3, -0.25) is 9.69 Å². The zero-order valence-electron chi connectivity index (χ0n) is 16.1. The summed E-state index contributed by atoms with van der Waals surface area (Å²) in [6.07, 6.45) is 0.550. The molecule has 0 bridgehead atoms. The van der Waals surface area contributed by atoms with Crippen LogP contribution in [0.15, 0.2) is 54.6 Å². The van der Waals surface area contributed by atoms with Gasteiger partial charge in [0, 0.05) is 26.2 Å². The van der Waals surface area contributed by atoms with Crippen molar-refractivity contribution in [1.82, 2.24) is 10.2 Å². The molecule has 1 aliphatic heterocycles. The number of morpholine rings is 1. The molecule has 0 aromatic heterocycles. The molecule has 3 rings (SSSR count). The van der Waals surface area contributed by atoms with E-state index < -0.39 is 6.04 Å². The summed E-state index contributed by atoms with van der Waals surface area (Å²) >= 11 is 0. The average molecular weight is 367 g/mol. The third kappa shape index (κ3) is 5.63. The van der Waals surface area contributed by atoms with E-state index in [4.69, 9.17) is 10.5 Å². The van der Waals surface area contributed by atoms with E-state index in [0.717, 1.165) is 30.8 Å². The van der Waals surface area contributed by atoms with Crippen molar-refractivity contribution >= 4 is 5.91 Å². The molecule has 0 spiro atoms. The predicted octanol–water partition coefficient (Wildman–Crippen LogP) is 2.61. The molecule has 0 aliphatic carbocycles. The molecule has 1 fully saturated rings. The molecule has 0 radical (unpaired) electrons. The van der Waals surface area contributed by atoms with E-state index in [1.807, 2.05) is 30.3 Å². The van der Waals surface area contributed by atoms with Crippen LogP contribution in [0.4, 0.5) is 0 Å². The Morgan fingerprint density at radius 2 is 1.67 bits per heavy atom. The summed E-state index contributed by atoms with van der Waals surface area (Å²) in [6, 6.07) is 17.2. The molecule has 5 heteroatoms. The van der Waals surface area contributed by atoms with Crippen LogP contribution in [0, 0.1) is 0 Å². The van der Waals surface area contributed by atoms with Crippen molar-refractivity contribution in [1.29, 1.82) is 0 Å². The number of benzene rings is 2. The van der Waals surface area contributed by atoms with Crippen molar-refractivity contribution in [2.75, 3.05) is 13.1 Å². The number of hydrogen-bond acceptors (Lipinski definition) is 4. The monoisotopic (exact) mass is 367 g/mol. The molecule has 3 atom stereocenters. The SMILES string of the molecule is CC1CN(Cc2ccc(CNC(=O)C(N)c3ccccc3)cc2)CC(C)O1. The van der Waals surface area contributed by atoms with Gasteiger partial charge in [-0.15, -0.1) is 0 Å². The zero-order chi connectivity index (χ0) is 19.2. The summed E-state index contributed by atoms with van der Waals surface area (Å²) in [5.41, 5.74) is 9.18. The fourth-order valence-electron chi connectivity index (χ4n) is 3.55. The minimum atomic E-state index is -0.643. The van der Waals surface area contributed by atoms with Crippen LogP contribution < -0.4 is 11.1 Å². The fourth-order valence-corrected chi connectivity index (χ4v) is 3.55. The molecule has 1 amide bonds. The number of ether oxygens (including phenoxy) is 1. The zero-order valence-corrected chi connectivity index (χ0v) is 16.1.